The van der Waals surface area contributed by atoms with Gasteiger partial charge in [-0.05, 0) is 44.4 Å². The molecule has 0 aromatic carbocycles. The van der Waals surface area contributed by atoms with Crippen LogP contribution in [-0.2, 0) is 4.79 Å². The molecule has 0 spiro atoms. The first-order chi connectivity index (χ1) is 11.9. The van der Waals surface area contributed by atoms with Crippen molar-refractivity contribution >= 4 is 11.7 Å². The Morgan fingerprint density at radius 3 is 2.60 bits per heavy atom. The van der Waals surface area contributed by atoms with Crippen LogP contribution in [0, 0.1) is 24.7 Å². The molecule has 4 atom stereocenters. The van der Waals surface area contributed by atoms with Gasteiger partial charge >= 0.3 is 0 Å². The summed E-state index contributed by atoms with van der Waals surface area (Å²) in [5.74, 6) is 2.07. The Morgan fingerprint density at radius 1 is 1.32 bits per heavy atom. The molecule has 2 aliphatic heterocycles. The normalized spacial score (nSPS) is 32.4. The SMILES string of the molecule is Cc1cc2n(n1)[C@@H](C(F)F)C[C@@H](C1CCN(C(=O)[C@@H]3C[C@@H]3C)CC1)N2. The van der Waals surface area contributed by atoms with E-state index in [2.05, 4.69) is 17.3 Å². The molecule has 1 amide bonds. The van der Waals surface area contributed by atoms with Crippen LogP contribution in [0.25, 0.3) is 0 Å². The van der Waals surface area contributed by atoms with Gasteiger partial charge in [-0.25, -0.2) is 13.5 Å². The zero-order valence-electron chi connectivity index (χ0n) is 14.8. The highest BCUT2D eigenvalue weighted by Gasteiger charge is 2.43. The highest BCUT2D eigenvalue weighted by molar-refractivity contribution is 5.81. The molecule has 1 N–H and O–H groups in total. The molecule has 25 heavy (non-hydrogen) atoms. The number of alkyl halides is 2. The minimum absolute atomic E-state index is 0.0275. The third kappa shape index (κ3) is 3.13. The molecule has 4 rings (SSSR count). The molecule has 1 aliphatic carbocycles. The monoisotopic (exact) mass is 352 g/mol. The lowest BCUT2D eigenvalue weighted by Crippen LogP contribution is -2.46. The number of rotatable bonds is 3. The fourth-order valence-corrected chi connectivity index (χ4v) is 4.43. The van der Waals surface area contributed by atoms with Crippen molar-refractivity contribution in [2.75, 3.05) is 18.4 Å². The third-order valence-electron chi connectivity index (χ3n) is 6.14. The van der Waals surface area contributed by atoms with Gasteiger partial charge in [0.25, 0.3) is 6.43 Å². The van der Waals surface area contributed by atoms with Crippen molar-refractivity contribution in [2.45, 2.75) is 58.0 Å². The number of carbonyl (C=O) groups excluding carboxylic acids is 1. The van der Waals surface area contributed by atoms with Crippen molar-refractivity contribution in [1.82, 2.24) is 14.7 Å². The molecular formula is C18H26F2N4O. The van der Waals surface area contributed by atoms with Crippen LogP contribution in [-0.4, -0.2) is 46.1 Å². The molecule has 5 nitrogen and oxygen atoms in total. The number of anilines is 1. The predicted molar refractivity (Wildman–Crippen MR) is 90.6 cm³/mol. The maximum Gasteiger partial charge on any atom is 0.260 e. The molecule has 1 aromatic heterocycles. The zero-order chi connectivity index (χ0) is 17.7. The topological polar surface area (TPSA) is 50.2 Å². The number of amides is 1. The van der Waals surface area contributed by atoms with E-state index in [0.29, 0.717) is 30.0 Å². The lowest BCUT2D eigenvalue weighted by molar-refractivity contribution is -0.134. The third-order valence-corrected chi connectivity index (χ3v) is 6.14. The van der Waals surface area contributed by atoms with Gasteiger partial charge in [-0.1, -0.05) is 6.92 Å². The smallest absolute Gasteiger partial charge is 0.260 e. The summed E-state index contributed by atoms with van der Waals surface area (Å²) in [6.07, 6.45) is 0.758. The largest absolute Gasteiger partial charge is 0.367 e. The Kier molecular flexibility index (Phi) is 4.20. The molecule has 1 saturated carbocycles. The highest BCUT2D eigenvalue weighted by atomic mass is 19.3. The second-order valence-electron chi connectivity index (χ2n) is 7.99. The van der Waals surface area contributed by atoms with Crippen LogP contribution in [0.5, 0.6) is 0 Å². The lowest BCUT2D eigenvalue weighted by Gasteiger charge is -2.40. The summed E-state index contributed by atoms with van der Waals surface area (Å²) in [6, 6.07) is 1.01. The molecule has 7 heteroatoms. The molecule has 0 radical (unpaired) electrons. The van der Waals surface area contributed by atoms with Gasteiger partial charge in [0.2, 0.25) is 5.91 Å². The Hall–Kier alpha value is -1.66. The van der Waals surface area contributed by atoms with Gasteiger partial charge in [-0.2, -0.15) is 5.10 Å². The first kappa shape index (κ1) is 16.8. The lowest BCUT2D eigenvalue weighted by atomic mass is 9.85. The number of fused-ring (bicyclic) bond motifs is 1. The number of aromatic nitrogens is 2. The number of carbonyl (C=O) groups is 1. The van der Waals surface area contributed by atoms with Crippen molar-refractivity contribution in [3.05, 3.63) is 11.8 Å². The van der Waals surface area contributed by atoms with Gasteiger partial charge in [-0.3, -0.25) is 4.79 Å². The van der Waals surface area contributed by atoms with Crippen LogP contribution in [0.1, 0.15) is 44.3 Å². The molecule has 3 aliphatic rings. The first-order valence-corrected chi connectivity index (χ1v) is 9.33. The van der Waals surface area contributed by atoms with E-state index >= 15 is 0 Å². The van der Waals surface area contributed by atoms with E-state index in [9.17, 15) is 13.6 Å². The molecule has 138 valence electrons. The quantitative estimate of drug-likeness (QED) is 0.910. The maximum atomic E-state index is 13.5. The minimum atomic E-state index is -2.42. The summed E-state index contributed by atoms with van der Waals surface area (Å²) < 4.78 is 28.5. The fourth-order valence-electron chi connectivity index (χ4n) is 4.43. The van der Waals surface area contributed by atoms with E-state index < -0.39 is 12.5 Å². The summed E-state index contributed by atoms with van der Waals surface area (Å²) in [6.45, 7) is 5.45. The second kappa shape index (κ2) is 6.25. The van der Waals surface area contributed by atoms with E-state index in [1.54, 1.807) is 0 Å². The summed E-state index contributed by atoms with van der Waals surface area (Å²) >= 11 is 0. The van der Waals surface area contributed by atoms with Crippen LogP contribution < -0.4 is 5.32 Å². The standard InChI is InChI=1S/C18H26F2N4O/c1-10-7-13(10)18(25)23-5-3-12(4-6-23)14-9-15(17(19)20)24-16(21-14)8-11(2)22-24/h8,10,12-15,17,21H,3-7,9H2,1-2H3/t10-,13+,14-,15+/m0/s1. The fraction of sp³-hybridized carbons (Fsp3) is 0.778. The van der Waals surface area contributed by atoms with Crippen molar-refractivity contribution < 1.29 is 13.6 Å². The molecular weight excluding hydrogens is 326 g/mol. The van der Waals surface area contributed by atoms with Crippen molar-refractivity contribution in [3.8, 4) is 0 Å². The zero-order valence-corrected chi connectivity index (χ0v) is 14.8. The van der Waals surface area contributed by atoms with Crippen LogP contribution in [0.3, 0.4) is 0 Å². The van der Waals surface area contributed by atoms with Gasteiger partial charge in [0.1, 0.15) is 11.9 Å². The first-order valence-electron chi connectivity index (χ1n) is 9.33. The average Bonchev–Trinajstić information content (AvgIpc) is 3.19. The minimum Gasteiger partial charge on any atom is -0.367 e. The predicted octanol–water partition coefficient (Wildman–Crippen LogP) is 3.08. The molecule has 0 unspecified atom stereocenters. The van der Waals surface area contributed by atoms with Crippen molar-refractivity contribution in [2.24, 2.45) is 17.8 Å². The van der Waals surface area contributed by atoms with E-state index in [1.165, 1.54) is 4.68 Å². The summed E-state index contributed by atoms with van der Waals surface area (Å²) in [4.78, 5) is 14.3. The van der Waals surface area contributed by atoms with E-state index in [4.69, 9.17) is 0 Å². The van der Waals surface area contributed by atoms with Crippen LogP contribution >= 0.6 is 0 Å². The van der Waals surface area contributed by atoms with Crippen molar-refractivity contribution in [1.29, 1.82) is 0 Å². The Balaban J connectivity index is 1.41. The maximum absolute atomic E-state index is 13.5. The highest BCUT2D eigenvalue weighted by Crippen LogP contribution is 2.41. The number of aryl methyl sites for hydroxylation is 1. The van der Waals surface area contributed by atoms with E-state index in [1.807, 2.05) is 17.9 Å². The van der Waals surface area contributed by atoms with E-state index in [0.717, 1.165) is 38.0 Å². The Bertz CT molecular complexity index is 654. The number of hydrogen-bond donors (Lipinski definition) is 1. The number of piperidine rings is 1. The van der Waals surface area contributed by atoms with Gasteiger partial charge in [-0.15, -0.1) is 0 Å². The number of nitrogens with zero attached hydrogens (tertiary/aromatic N) is 3. The Labute approximate surface area is 146 Å². The number of hydrogen-bond acceptors (Lipinski definition) is 3. The van der Waals surface area contributed by atoms with Gasteiger partial charge in [0.05, 0.1) is 5.69 Å². The van der Waals surface area contributed by atoms with E-state index in [-0.39, 0.29) is 12.0 Å². The molecule has 1 saturated heterocycles. The molecule has 2 fully saturated rings. The van der Waals surface area contributed by atoms with Crippen LogP contribution in [0.4, 0.5) is 14.6 Å². The van der Waals surface area contributed by atoms with Crippen molar-refractivity contribution in [3.63, 3.8) is 0 Å². The van der Waals surface area contributed by atoms with Gasteiger partial charge in [0.15, 0.2) is 0 Å². The van der Waals surface area contributed by atoms with Crippen LogP contribution in [0.15, 0.2) is 6.07 Å². The summed E-state index contributed by atoms with van der Waals surface area (Å²) in [7, 11) is 0. The Morgan fingerprint density at radius 2 is 2.00 bits per heavy atom. The summed E-state index contributed by atoms with van der Waals surface area (Å²) in [5, 5.41) is 7.65. The molecule has 0 bridgehead atoms. The van der Waals surface area contributed by atoms with Gasteiger partial charge < -0.3 is 10.2 Å². The number of likely N-dealkylation sites (tertiary alicyclic amines) is 1. The molecule has 3 heterocycles. The second-order valence-corrected chi connectivity index (χ2v) is 7.99. The van der Waals surface area contributed by atoms with Gasteiger partial charge in [0, 0.05) is 31.1 Å². The van der Waals surface area contributed by atoms with Crippen LogP contribution in [0.2, 0.25) is 0 Å². The summed E-state index contributed by atoms with van der Waals surface area (Å²) in [5.41, 5.74) is 0.757. The number of halogens is 2. The molecule has 1 aromatic rings. The number of nitrogens with one attached hydrogen (secondary N) is 1. The average molecular weight is 352 g/mol.